The topological polar surface area (TPSA) is 6.48 Å². The predicted octanol–water partition coefficient (Wildman–Crippen LogP) is 1.81. The van der Waals surface area contributed by atoms with Crippen LogP contribution < -0.4 is 0 Å². The molecule has 1 atom stereocenters. The van der Waals surface area contributed by atoms with E-state index < -0.39 is 0 Å². The third-order valence-electron chi connectivity index (χ3n) is 3.18. The van der Waals surface area contributed by atoms with Gasteiger partial charge in [-0.1, -0.05) is 6.92 Å². The van der Waals surface area contributed by atoms with Gasteiger partial charge in [-0.15, -0.1) is 0 Å². The van der Waals surface area contributed by atoms with Gasteiger partial charge in [0.25, 0.3) is 0 Å². The Balaban J connectivity index is 2.32. The molecule has 0 radical (unpaired) electrons. The van der Waals surface area contributed by atoms with Crippen LogP contribution in [0.25, 0.3) is 0 Å². The summed E-state index contributed by atoms with van der Waals surface area (Å²) in [6.45, 7) is 9.76. The molecule has 2 nitrogen and oxygen atoms in total. The van der Waals surface area contributed by atoms with Crippen molar-refractivity contribution in [2.45, 2.75) is 39.2 Å². The van der Waals surface area contributed by atoms with E-state index in [9.17, 15) is 0 Å². The van der Waals surface area contributed by atoms with E-state index in [1.165, 1.54) is 45.4 Å². The van der Waals surface area contributed by atoms with Crippen LogP contribution in [0.4, 0.5) is 0 Å². The molecule has 0 bridgehead atoms. The highest BCUT2D eigenvalue weighted by Crippen LogP contribution is 2.08. The van der Waals surface area contributed by atoms with E-state index in [1.807, 2.05) is 0 Å². The van der Waals surface area contributed by atoms with E-state index in [1.54, 1.807) is 0 Å². The Kier molecular flexibility index (Phi) is 4.74. The Morgan fingerprint density at radius 2 is 1.62 bits per heavy atom. The van der Waals surface area contributed by atoms with Gasteiger partial charge in [-0.05, 0) is 59.4 Å². The SMILES string of the molecule is CCC(C)N1CCCN(C)CCC1. The van der Waals surface area contributed by atoms with Crippen LogP contribution in [-0.2, 0) is 0 Å². The van der Waals surface area contributed by atoms with Crippen molar-refractivity contribution in [3.8, 4) is 0 Å². The fraction of sp³-hybridized carbons (Fsp3) is 1.00. The van der Waals surface area contributed by atoms with E-state index in [0.717, 1.165) is 6.04 Å². The minimum absolute atomic E-state index is 0.781. The standard InChI is InChI=1S/C11H24N2/c1-4-11(2)13-9-5-7-12(3)8-6-10-13/h11H,4-10H2,1-3H3. The monoisotopic (exact) mass is 184 g/mol. The molecule has 78 valence electrons. The van der Waals surface area contributed by atoms with Crippen molar-refractivity contribution in [3.63, 3.8) is 0 Å². The number of hydrogen-bond donors (Lipinski definition) is 0. The first-order valence-corrected chi connectivity index (χ1v) is 5.66. The van der Waals surface area contributed by atoms with Crippen molar-refractivity contribution in [1.29, 1.82) is 0 Å². The molecule has 0 spiro atoms. The van der Waals surface area contributed by atoms with Crippen LogP contribution in [0.15, 0.2) is 0 Å². The predicted molar refractivity (Wildman–Crippen MR) is 58.1 cm³/mol. The Bertz CT molecular complexity index is 126. The van der Waals surface area contributed by atoms with Gasteiger partial charge >= 0.3 is 0 Å². The second kappa shape index (κ2) is 5.61. The van der Waals surface area contributed by atoms with Crippen molar-refractivity contribution < 1.29 is 0 Å². The zero-order chi connectivity index (χ0) is 9.68. The molecule has 1 aliphatic rings. The lowest BCUT2D eigenvalue weighted by atomic mass is 10.1. The maximum Gasteiger partial charge on any atom is 0.00643 e. The smallest absolute Gasteiger partial charge is 0.00643 e. The number of hydrogen-bond acceptors (Lipinski definition) is 2. The molecule has 1 saturated heterocycles. The van der Waals surface area contributed by atoms with Crippen molar-refractivity contribution >= 4 is 0 Å². The van der Waals surface area contributed by atoms with E-state index in [-0.39, 0.29) is 0 Å². The summed E-state index contributed by atoms with van der Waals surface area (Å²) in [7, 11) is 2.24. The lowest BCUT2D eigenvalue weighted by molar-refractivity contribution is 0.159. The molecular weight excluding hydrogens is 160 g/mol. The molecule has 1 heterocycles. The van der Waals surface area contributed by atoms with Gasteiger partial charge in [0.15, 0.2) is 0 Å². The minimum Gasteiger partial charge on any atom is -0.306 e. The fourth-order valence-corrected chi connectivity index (χ4v) is 2.01. The summed E-state index contributed by atoms with van der Waals surface area (Å²) in [5, 5.41) is 0. The first kappa shape index (κ1) is 11.0. The summed E-state index contributed by atoms with van der Waals surface area (Å²) in [6.07, 6.45) is 3.96. The lowest BCUT2D eigenvalue weighted by Gasteiger charge is -2.32. The Labute approximate surface area is 82.9 Å². The Hall–Kier alpha value is -0.0800. The van der Waals surface area contributed by atoms with E-state index in [4.69, 9.17) is 0 Å². The van der Waals surface area contributed by atoms with Crippen molar-refractivity contribution in [1.82, 2.24) is 9.80 Å². The van der Waals surface area contributed by atoms with Crippen LogP contribution in [0.5, 0.6) is 0 Å². The molecule has 2 heteroatoms. The normalized spacial score (nSPS) is 25.2. The van der Waals surface area contributed by atoms with E-state index >= 15 is 0 Å². The zero-order valence-electron chi connectivity index (χ0n) is 9.42. The first-order valence-electron chi connectivity index (χ1n) is 5.66. The molecular formula is C11H24N2. The van der Waals surface area contributed by atoms with Crippen LogP contribution in [0.2, 0.25) is 0 Å². The quantitative estimate of drug-likeness (QED) is 0.646. The third-order valence-corrected chi connectivity index (χ3v) is 3.18. The lowest BCUT2D eigenvalue weighted by Crippen LogP contribution is -2.39. The molecule has 1 aliphatic heterocycles. The van der Waals surface area contributed by atoms with Gasteiger partial charge in [0.2, 0.25) is 0 Å². The molecule has 0 aromatic heterocycles. The molecule has 13 heavy (non-hydrogen) atoms. The van der Waals surface area contributed by atoms with E-state index in [0.29, 0.717) is 0 Å². The fourth-order valence-electron chi connectivity index (χ4n) is 2.01. The average molecular weight is 184 g/mol. The second-order valence-electron chi connectivity index (χ2n) is 4.30. The summed E-state index contributed by atoms with van der Waals surface area (Å²) >= 11 is 0. The number of nitrogens with zero attached hydrogens (tertiary/aromatic N) is 2. The highest BCUT2D eigenvalue weighted by atomic mass is 15.2. The first-order chi connectivity index (χ1) is 6.24. The molecule has 0 saturated carbocycles. The van der Waals surface area contributed by atoms with Gasteiger partial charge in [-0.2, -0.15) is 0 Å². The summed E-state index contributed by atoms with van der Waals surface area (Å²) in [4.78, 5) is 5.10. The van der Waals surface area contributed by atoms with Gasteiger partial charge in [-0.3, -0.25) is 0 Å². The van der Waals surface area contributed by atoms with Gasteiger partial charge in [0.1, 0.15) is 0 Å². The molecule has 1 fully saturated rings. The van der Waals surface area contributed by atoms with Crippen molar-refractivity contribution in [2.75, 3.05) is 33.2 Å². The second-order valence-corrected chi connectivity index (χ2v) is 4.30. The molecule has 0 aliphatic carbocycles. The van der Waals surface area contributed by atoms with Crippen LogP contribution in [0, 0.1) is 0 Å². The molecule has 0 aromatic rings. The van der Waals surface area contributed by atoms with Gasteiger partial charge < -0.3 is 9.80 Å². The van der Waals surface area contributed by atoms with E-state index in [2.05, 4.69) is 30.7 Å². The molecule has 1 rings (SSSR count). The molecule has 0 aromatic carbocycles. The maximum atomic E-state index is 2.65. The van der Waals surface area contributed by atoms with Gasteiger partial charge in [0, 0.05) is 6.04 Å². The summed E-state index contributed by atoms with van der Waals surface area (Å²) < 4.78 is 0. The highest BCUT2D eigenvalue weighted by Gasteiger charge is 2.14. The maximum absolute atomic E-state index is 2.65. The third kappa shape index (κ3) is 3.65. The van der Waals surface area contributed by atoms with Crippen LogP contribution in [0.3, 0.4) is 0 Å². The zero-order valence-corrected chi connectivity index (χ0v) is 9.42. The average Bonchev–Trinajstić information content (AvgIpc) is 2.10. The number of rotatable bonds is 2. The van der Waals surface area contributed by atoms with Gasteiger partial charge in [0.05, 0.1) is 0 Å². The largest absolute Gasteiger partial charge is 0.306 e. The van der Waals surface area contributed by atoms with Crippen LogP contribution in [0.1, 0.15) is 33.1 Å². The highest BCUT2D eigenvalue weighted by molar-refractivity contribution is 4.70. The minimum atomic E-state index is 0.781. The molecule has 0 amide bonds. The van der Waals surface area contributed by atoms with Crippen molar-refractivity contribution in [3.05, 3.63) is 0 Å². The van der Waals surface area contributed by atoms with Crippen LogP contribution >= 0.6 is 0 Å². The van der Waals surface area contributed by atoms with Crippen LogP contribution in [-0.4, -0.2) is 49.1 Å². The summed E-state index contributed by atoms with van der Waals surface area (Å²) in [5.41, 5.74) is 0. The summed E-state index contributed by atoms with van der Waals surface area (Å²) in [6, 6.07) is 0.781. The van der Waals surface area contributed by atoms with Crippen molar-refractivity contribution in [2.24, 2.45) is 0 Å². The summed E-state index contributed by atoms with van der Waals surface area (Å²) in [5.74, 6) is 0. The molecule has 0 N–H and O–H groups in total. The molecule has 1 unspecified atom stereocenters. The van der Waals surface area contributed by atoms with Gasteiger partial charge in [-0.25, -0.2) is 0 Å². The Morgan fingerprint density at radius 3 is 2.08 bits per heavy atom. The Morgan fingerprint density at radius 1 is 1.08 bits per heavy atom.